The largest absolute Gasteiger partial charge is 0.477 e. The number of carbonyl (C=O) groups is 2. The lowest BCUT2D eigenvalue weighted by atomic mass is 9.82. The van der Waals surface area contributed by atoms with Crippen LogP contribution in [-0.4, -0.2) is 44.4 Å². The van der Waals surface area contributed by atoms with Crippen molar-refractivity contribution in [1.82, 2.24) is 0 Å². The summed E-state index contributed by atoms with van der Waals surface area (Å²) in [5.41, 5.74) is 0.213. The molecule has 0 aliphatic heterocycles. The van der Waals surface area contributed by atoms with E-state index in [9.17, 15) is 14.7 Å². The molecule has 0 aromatic carbocycles. The van der Waals surface area contributed by atoms with E-state index >= 15 is 0 Å². The minimum atomic E-state index is -1.03. The standard InChI is InChI=1S/C19H25NO3S.C5H12O2/c1-12-5-7-13(8-6-12)17(21)20-15-11-14(9-10-19(2,3)4)24-16(15)18(22)23;1-6-4-3-5-7-2/h11-13H,5-8H2,1-4H3,(H,20,21)(H,22,23);3-5H2,1-2H3. The molecule has 0 saturated heterocycles. The fraction of sp³-hybridized carbons (Fsp3) is 0.667. The minimum absolute atomic E-state index is 0.0214. The molecule has 1 aromatic rings. The van der Waals surface area contributed by atoms with Gasteiger partial charge in [-0.3, -0.25) is 4.79 Å². The first-order valence-corrected chi connectivity index (χ1v) is 11.6. The lowest BCUT2D eigenvalue weighted by Crippen LogP contribution is -2.27. The van der Waals surface area contributed by atoms with E-state index < -0.39 is 5.97 Å². The summed E-state index contributed by atoms with van der Waals surface area (Å²) in [5, 5.41) is 12.2. The first-order chi connectivity index (χ1) is 14.6. The average molecular weight is 452 g/mol. The maximum absolute atomic E-state index is 12.4. The summed E-state index contributed by atoms with van der Waals surface area (Å²) in [6, 6.07) is 1.68. The maximum atomic E-state index is 12.4. The first-order valence-electron chi connectivity index (χ1n) is 10.8. The van der Waals surface area contributed by atoms with E-state index in [1.165, 1.54) is 0 Å². The van der Waals surface area contributed by atoms with E-state index in [1.54, 1.807) is 20.3 Å². The fourth-order valence-electron chi connectivity index (χ4n) is 3.06. The van der Waals surface area contributed by atoms with Crippen molar-refractivity contribution in [1.29, 1.82) is 0 Å². The number of amides is 1. The lowest BCUT2D eigenvalue weighted by molar-refractivity contribution is -0.121. The molecule has 0 atom stereocenters. The quantitative estimate of drug-likeness (QED) is 0.435. The summed E-state index contributed by atoms with van der Waals surface area (Å²) in [4.78, 5) is 24.7. The molecule has 1 saturated carbocycles. The second kappa shape index (κ2) is 13.5. The first kappa shape index (κ1) is 27.2. The van der Waals surface area contributed by atoms with Crippen molar-refractivity contribution in [3.63, 3.8) is 0 Å². The summed E-state index contributed by atoms with van der Waals surface area (Å²) in [6.07, 6.45) is 4.84. The van der Waals surface area contributed by atoms with Crippen molar-refractivity contribution in [3.8, 4) is 11.8 Å². The van der Waals surface area contributed by atoms with Crippen molar-refractivity contribution in [3.05, 3.63) is 15.8 Å². The Balaban J connectivity index is 0.000000592. The zero-order valence-electron chi connectivity index (χ0n) is 19.7. The number of nitrogens with one attached hydrogen (secondary N) is 1. The number of carboxylic acids is 1. The smallest absolute Gasteiger partial charge is 0.348 e. The van der Waals surface area contributed by atoms with E-state index in [0.717, 1.165) is 56.7 Å². The highest BCUT2D eigenvalue weighted by Crippen LogP contribution is 2.31. The van der Waals surface area contributed by atoms with Crippen LogP contribution in [0.2, 0.25) is 0 Å². The molecule has 174 valence electrons. The zero-order chi connectivity index (χ0) is 23.4. The molecule has 1 aromatic heterocycles. The SMILES string of the molecule is CC1CCC(C(=O)Nc2cc(C#CC(C)(C)C)sc2C(=O)O)CC1.COCCCOC. The molecule has 1 aliphatic rings. The molecule has 31 heavy (non-hydrogen) atoms. The van der Waals surface area contributed by atoms with Crippen LogP contribution < -0.4 is 5.32 Å². The number of rotatable bonds is 7. The van der Waals surface area contributed by atoms with Crippen LogP contribution in [0.1, 0.15) is 74.3 Å². The van der Waals surface area contributed by atoms with Crippen molar-refractivity contribution in [2.45, 2.75) is 59.8 Å². The van der Waals surface area contributed by atoms with Gasteiger partial charge in [-0.25, -0.2) is 4.79 Å². The van der Waals surface area contributed by atoms with Crippen LogP contribution in [0, 0.1) is 29.1 Å². The van der Waals surface area contributed by atoms with Crippen LogP contribution in [-0.2, 0) is 14.3 Å². The number of carbonyl (C=O) groups excluding carboxylic acids is 1. The van der Waals surface area contributed by atoms with Gasteiger partial charge in [-0.2, -0.15) is 0 Å². The van der Waals surface area contributed by atoms with Crippen molar-refractivity contribution in [2.75, 3.05) is 32.8 Å². The highest BCUT2D eigenvalue weighted by Gasteiger charge is 2.26. The molecule has 7 heteroatoms. The number of aromatic carboxylic acids is 1. The van der Waals surface area contributed by atoms with Gasteiger partial charge >= 0.3 is 5.97 Å². The van der Waals surface area contributed by atoms with Gasteiger partial charge in [-0.15, -0.1) is 11.3 Å². The molecular formula is C24H37NO5S. The van der Waals surface area contributed by atoms with Crippen molar-refractivity contribution >= 4 is 28.9 Å². The topological polar surface area (TPSA) is 84.9 Å². The van der Waals surface area contributed by atoms with Crippen LogP contribution in [0.3, 0.4) is 0 Å². The van der Waals surface area contributed by atoms with Gasteiger partial charge in [-0.1, -0.05) is 18.8 Å². The van der Waals surface area contributed by atoms with Crippen LogP contribution in [0.5, 0.6) is 0 Å². The van der Waals surface area contributed by atoms with Crippen LogP contribution in [0.25, 0.3) is 0 Å². The van der Waals surface area contributed by atoms with Gasteiger partial charge in [0.1, 0.15) is 4.88 Å². The number of ether oxygens (including phenoxy) is 2. The number of hydrogen-bond donors (Lipinski definition) is 2. The van der Waals surface area contributed by atoms with Gasteiger partial charge in [0.05, 0.1) is 10.6 Å². The lowest BCUT2D eigenvalue weighted by Gasteiger charge is -2.25. The van der Waals surface area contributed by atoms with E-state index in [0.29, 0.717) is 16.5 Å². The summed E-state index contributed by atoms with van der Waals surface area (Å²) >= 11 is 1.11. The third kappa shape index (κ3) is 10.8. The van der Waals surface area contributed by atoms with E-state index in [4.69, 9.17) is 9.47 Å². The number of thiophene rings is 1. The van der Waals surface area contributed by atoms with Gasteiger partial charge in [0.25, 0.3) is 0 Å². The third-order valence-corrected chi connectivity index (χ3v) is 5.87. The maximum Gasteiger partial charge on any atom is 0.348 e. The van der Waals surface area contributed by atoms with Gasteiger partial charge in [0.15, 0.2) is 0 Å². The van der Waals surface area contributed by atoms with Crippen LogP contribution >= 0.6 is 11.3 Å². The Kier molecular flexibility index (Phi) is 11.8. The number of hydrogen-bond acceptors (Lipinski definition) is 5. The Morgan fingerprint density at radius 2 is 1.74 bits per heavy atom. The van der Waals surface area contributed by atoms with Gasteiger partial charge < -0.3 is 19.9 Å². The van der Waals surface area contributed by atoms with Gasteiger partial charge in [0, 0.05) is 38.8 Å². The van der Waals surface area contributed by atoms with Gasteiger partial charge in [-0.05, 0) is 64.9 Å². The second-order valence-electron chi connectivity index (χ2n) is 8.94. The molecule has 1 heterocycles. The second-order valence-corrected chi connectivity index (χ2v) is 10.00. The Morgan fingerprint density at radius 3 is 2.23 bits per heavy atom. The molecule has 1 aliphatic carbocycles. The average Bonchev–Trinajstić information content (AvgIpc) is 3.10. The molecular weight excluding hydrogens is 414 g/mol. The highest BCUT2D eigenvalue weighted by atomic mass is 32.1. The molecule has 2 N–H and O–H groups in total. The number of anilines is 1. The molecule has 0 unspecified atom stereocenters. The minimum Gasteiger partial charge on any atom is -0.477 e. The molecule has 2 rings (SSSR count). The molecule has 6 nitrogen and oxygen atoms in total. The molecule has 0 bridgehead atoms. The van der Waals surface area contributed by atoms with E-state index in [2.05, 4.69) is 24.1 Å². The van der Waals surface area contributed by atoms with Crippen LogP contribution in [0.4, 0.5) is 5.69 Å². The molecule has 0 radical (unpaired) electrons. The molecule has 1 amide bonds. The Labute approximate surface area is 190 Å². The summed E-state index contributed by atoms with van der Waals surface area (Å²) in [6.45, 7) is 9.80. The van der Waals surface area contributed by atoms with Crippen LogP contribution in [0.15, 0.2) is 6.07 Å². The van der Waals surface area contributed by atoms with Crippen molar-refractivity contribution in [2.24, 2.45) is 17.3 Å². The predicted molar refractivity (Wildman–Crippen MR) is 126 cm³/mol. The Bertz CT molecular complexity index is 757. The Morgan fingerprint density at radius 1 is 1.16 bits per heavy atom. The number of carboxylic acid groups (broad SMARTS) is 1. The summed E-state index contributed by atoms with van der Waals surface area (Å²) < 4.78 is 9.53. The van der Waals surface area contributed by atoms with Gasteiger partial charge in [0.2, 0.25) is 5.91 Å². The van der Waals surface area contributed by atoms with E-state index in [1.807, 2.05) is 20.8 Å². The summed E-state index contributed by atoms with van der Waals surface area (Å²) in [7, 11) is 3.38. The molecule has 1 fully saturated rings. The monoisotopic (exact) mass is 451 g/mol. The van der Waals surface area contributed by atoms with E-state index in [-0.39, 0.29) is 22.1 Å². The summed E-state index contributed by atoms with van der Waals surface area (Å²) in [5.74, 6) is 5.65. The zero-order valence-corrected chi connectivity index (χ0v) is 20.5. The normalized spacial score (nSPS) is 18.3. The van der Waals surface area contributed by atoms with Crippen molar-refractivity contribution < 1.29 is 24.2 Å². The fourth-order valence-corrected chi connectivity index (χ4v) is 3.86. The Hall–Kier alpha value is -1.88. The highest BCUT2D eigenvalue weighted by molar-refractivity contribution is 7.15. The number of methoxy groups -OCH3 is 2. The third-order valence-electron chi connectivity index (χ3n) is 4.83. The predicted octanol–water partition coefficient (Wildman–Crippen LogP) is 5.28. The molecule has 0 spiro atoms.